The fraction of sp³-hybridized carbons (Fsp3) is 0.216. The minimum atomic E-state index is -0.854. The lowest BCUT2D eigenvalue weighted by Gasteiger charge is -2.38. The highest BCUT2D eigenvalue weighted by Gasteiger charge is 2.40. The third-order valence-corrected chi connectivity index (χ3v) is 8.56. The summed E-state index contributed by atoms with van der Waals surface area (Å²) in [4.78, 5) is 12.6. The number of halogens is 1. The molecule has 0 radical (unpaired) electrons. The zero-order valence-electron chi connectivity index (χ0n) is 25.4. The molecule has 0 aliphatic heterocycles. The molecule has 1 aliphatic carbocycles. The van der Waals surface area contributed by atoms with E-state index < -0.39 is 11.4 Å². The predicted molar refractivity (Wildman–Crippen MR) is 169 cm³/mol. The first-order chi connectivity index (χ1) is 22.0. The first kappa shape index (κ1) is 29.8. The maximum atomic E-state index is 15.8. The van der Waals surface area contributed by atoms with E-state index in [1.165, 1.54) is 20.3 Å². The quantitative estimate of drug-likeness (QED) is 0.159. The smallest absolute Gasteiger partial charge is 0.197 e. The molecule has 4 aromatic carbocycles. The number of rotatable bonds is 10. The maximum Gasteiger partial charge on any atom is 0.197 e. The number of nitrogens with zero attached hydrogens (tertiary/aromatic N) is 3. The summed E-state index contributed by atoms with van der Waals surface area (Å²) in [5.74, 6) is -0.0338. The molecule has 5 aromatic rings. The van der Waals surface area contributed by atoms with Gasteiger partial charge in [-0.25, -0.2) is 4.39 Å². The van der Waals surface area contributed by atoms with Gasteiger partial charge >= 0.3 is 0 Å². The van der Waals surface area contributed by atoms with Crippen molar-refractivity contribution >= 4 is 5.78 Å². The Morgan fingerprint density at radius 1 is 0.867 bits per heavy atom. The number of carbonyl (C=O) groups is 1. The van der Waals surface area contributed by atoms with Crippen LogP contribution in [0.25, 0.3) is 0 Å². The second-order valence-corrected chi connectivity index (χ2v) is 11.0. The lowest BCUT2D eigenvalue weighted by atomic mass is 9.76. The Balaban J connectivity index is 1.41. The van der Waals surface area contributed by atoms with E-state index in [1.54, 1.807) is 12.4 Å². The summed E-state index contributed by atoms with van der Waals surface area (Å²) in [6.07, 6.45) is 3.79. The minimum Gasteiger partial charge on any atom is -0.501 e. The van der Waals surface area contributed by atoms with Crippen LogP contribution in [0.1, 0.15) is 47.3 Å². The Kier molecular flexibility index (Phi) is 8.47. The van der Waals surface area contributed by atoms with Crippen molar-refractivity contribution in [3.8, 4) is 11.5 Å². The molecule has 2 atom stereocenters. The second kappa shape index (κ2) is 12.8. The zero-order chi connectivity index (χ0) is 31.4. The summed E-state index contributed by atoms with van der Waals surface area (Å²) in [6, 6.07) is 33.5. The fourth-order valence-corrected chi connectivity index (χ4v) is 6.26. The maximum absolute atomic E-state index is 15.8. The number of Topliss-reactive ketones (excluding diaryl/α,β-unsaturated/α-hetero) is 1. The number of methoxy groups -OCH3 is 2. The van der Waals surface area contributed by atoms with E-state index in [9.17, 15) is 4.79 Å². The predicted octanol–water partition coefficient (Wildman–Crippen LogP) is 7.07. The van der Waals surface area contributed by atoms with Crippen LogP contribution in [0, 0.1) is 11.7 Å². The number of hydrogen-bond acceptors (Lipinski definition) is 6. The molecule has 0 spiro atoms. The number of ether oxygens (including phenoxy) is 3. The molecular weight excluding hydrogens is 569 g/mol. The van der Waals surface area contributed by atoms with Crippen LogP contribution in [0.2, 0.25) is 0 Å². The molecular formula is C37H34FN3O4. The summed E-state index contributed by atoms with van der Waals surface area (Å²) < 4.78 is 34.9. The van der Waals surface area contributed by atoms with Crippen LogP contribution >= 0.6 is 0 Å². The normalized spacial score (nSPS) is 16.6. The zero-order valence-corrected chi connectivity index (χ0v) is 25.4. The molecule has 6 rings (SSSR count). The third-order valence-electron chi connectivity index (χ3n) is 8.56. The van der Waals surface area contributed by atoms with Gasteiger partial charge in [-0.1, -0.05) is 97.9 Å². The van der Waals surface area contributed by atoms with Gasteiger partial charge in [0, 0.05) is 11.8 Å². The van der Waals surface area contributed by atoms with E-state index >= 15 is 4.39 Å². The number of carbonyl (C=O) groups excluding carboxylic acids is 1. The number of aromatic nitrogens is 3. The van der Waals surface area contributed by atoms with Crippen molar-refractivity contribution in [2.45, 2.75) is 31.4 Å². The summed E-state index contributed by atoms with van der Waals surface area (Å²) in [5, 5.41) is 8.76. The molecule has 0 saturated carbocycles. The summed E-state index contributed by atoms with van der Waals surface area (Å²) in [6.45, 7) is 1.75. The van der Waals surface area contributed by atoms with Crippen LogP contribution in [0.3, 0.4) is 0 Å². The van der Waals surface area contributed by atoms with Gasteiger partial charge in [0.05, 0.1) is 26.4 Å². The van der Waals surface area contributed by atoms with Crippen molar-refractivity contribution < 1.29 is 23.4 Å². The standard InChI is InChI=1S/C37H34FN3O4/c1-25-31(21-30(43-2)22-33(25)42)26-19-32(38)36(34(20-26)44-3)45-23-35-40-39-24-41(35)37(27-13-7-4-8-14-27,28-15-9-5-10-16-28)29-17-11-6-12-18-29/h4-21,24-25,31H,22-23H2,1-3H3. The molecule has 228 valence electrons. The molecule has 1 heterocycles. The van der Waals surface area contributed by atoms with E-state index in [1.807, 2.05) is 72.2 Å². The summed E-state index contributed by atoms with van der Waals surface area (Å²) in [5.41, 5.74) is 2.74. The first-order valence-corrected chi connectivity index (χ1v) is 14.8. The molecule has 0 amide bonds. The Bertz CT molecular complexity index is 1710. The van der Waals surface area contributed by atoms with Crippen molar-refractivity contribution in [1.82, 2.24) is 14.8 Å². The molecule has 1 aliphatic rings. The number of allylic oxidation sites excluding steroid dienone is 2. The first-order valence-electron chi connectivity index (χ1n) is 14.8. The SMILES string of the molecule is COC1=CC(c2cc(F)c(OCc3nncn3C(c3ccccc3)(c3ccccc3)c3ccccc3)c(OC)c2)C(C)C(=O)C1. The highest BCUT2D eigenvalue weighted by molar-refractivity contribution is 5.85. The van der Waals surface area contributed by atoms with Crippen molar-refractivity contribution in [2.75, 3.05) is 14.2 Å². The minimum absolute atomic E-state index is 0.0390. The van der Waals surface area contributed by atoms with Crippen LogP contribution < -0.4 is 9.47 Å². The largest absolute Gasteiger partial charge is 0.501 e. The van der Waals surface area contributed by atoms with Gasteiger partial charge in [-0.3, -0.25) is 9.36 Å². The van der Waals surface area contributed by atoms with Crippen molar-refractivity contribution in [2.24, 2.45) is 5.92 Å². The Hall–Kier alpha value is -5.24. The highest BCUT2D eigenvalue weighted by Crippen LogP contribution is 2.43. The molecule has 0 fully saturated rings. The van der Waals surface area contributed by atoms with E-state index in [-0.39, 0.29) is 42.1 Å². The van der Waals surface area contributed by atoms with Gasteiger partial charge in [0.2, 0.25) is 0 Å². The molecule has 7 nitrogen and oxygen atoms in total. The van der Waals surface area contributed by atoms with Crippen molar-refractivity contribution in [1.29, 1.82) is 0 Å². The monoisotopic (exact) mass is 603 g/mol. The Labute approximate surface area is 261 Å². The van der Waals surface area contributed by atoms with E-state index in [2.05, 4.69) is 46.6 Å². The lowest BCUT2D eigenvalue weighted by Crippen LogP contribution is -2.38. The van der Waals surface area contributed by atoms with E-state index in [4.69, 9.17) is 14.2 Å². The molecule has 0 saturated heterocycles. The van der Waals surface area contributed by atoms with E-state index in [0.717, 1.165) is 16.7 Å². The van der Waals surface area contributed by atoms with Gasteiger partial charge in [-0.05, 0) is 40.5 Å². The van der Waals surface area contributed by atoms with Crippen LogP contribution in [0.4, 0.5) is 4.39 Å². The van der Waals surface area contributed by atoms with Crippen molar-refractivity contribution in [3.63, 3.8) is 0 Å². The second-order valence-electron chi connectivity index (χ2n) is 11.0. The molecule has 2 unspecified atom stereocenters. The summed E-state index contributed by atoms with van der Waals surface area (Å²) >= 11 is 0. The summed E-state index contributed by atoms with van der Waals surface area (Å²) in [7, 11) is 3.00. The molecule has 0 bridgehead atoms. The van der Waals surface area contributed by atoms with Crippen LogP contribution in [0.15, 0.2) is 121 Å². The molecule has 8 heteroatoms. The van der Waals surface area contributed by atoms with Gasteiger partial charge in [0.1, 0.15) is 24.3 Å². The van der Waals surface area contributed by atoms with Gasteiger partial charge in [-0.15, -0.1) is 10.2 Å². The highest BCUT2D eigenvalue weighted by atomic mass is 19.1. The van der Waals surface area contributed by atoms with E-state index in [0.29, 0.717) is 17.1 Å². The Morgan fingerprint density at radius 2 is 1.44 bits per heavy atom. The van der Waals surface area contributed by atoms with Gasteiger partial charge in [-0.2, -0.15) is 0 Å². The number of hydrogen-bond donors (Lipinski definition) is 0. The van der Waals surface area contributed by atoms with Gasteiger partial charge in [0.25, 0.3) is 0 Å². The molecule has 1 aromatic heterocycles. The van der Waals surface area contributed by atoms with Gasteiger partial charge in [0.15, 0.2) is 23.1 Å². The van der Waals surface area contributed by atoms with Crippen molar-refractivity contribution in [3.05, 3.63) is 155 Å². The molecule has 0 N–H and O–H groups in total. The van der Waals surface area contributed by atoms with Gasteiger partial charge < -0.3 is 14.2 Å². The Morgan fingerprint density at radius 3 is 1.98 bits per heavy atom. The topological polar surface area (TPSA) is 75.5 Å². The fourth-order valence-electron chi connectivity index (χ4n) is 6.26. The van der Waals surface area contributed by atoms with Crippen LogP contribution in [-0.4, -0.2) is 34.8 Å². The number of ketones is 1. The average molecular weight is 604 g/mol. The number of benzene rings is 4. The third kappa shape index (κ3) is 5.48. The van der Waals surface area contributed by atoms with Crippen LogP contribution in [0.5, 0.6) is 11.5 Å². The van der Waals surface area contributed by atoms with Crippen LogP contribution in [-0.2, 0) is 21.7 Å². The average Bonchev–Trinajstić information content (AvgIpc) is 3.55. The molecule has 45 heavy (non-hydrogen) atoms. The lowest BCUT2D eigenvalue weighted by molar-refractivity contribution is -0.123.